The van der Waals surface area contributed by atoms with Gasteiger partial charge < -0.3 is 4.90 Å². The summed E-state index contributed by atoms with van der Waals surface area (Å²) in [5.74, 6) is -1.30. The van der Waals surface area contributed by atoms with Crippen LogP contribution in [0.2, 0.25) is 0 Å². The smallest absolute Gasteiger partial charge is 0.351 e. The lowest BCUT2D eigenvalue weighted by Crippen LogP contribution is -2.23. The van der Waals surface area contributed by atoms with Crippen molar-refractivity contribution in [2.24, 2.45) is 0 Å². The van der Waals surface area contributed by atoms with Crippen LogP contribution >= 0.6 is 0 Å². The van der Waals surface area contributed by atoms with E-state index in [0.717, 1.165) is 0 Å². The number of hydrogen-bond donors (Lipinski definition) is 0. The molecule has 7 heteroatoms. The average molecular weight is 252 g/mol. The molecule has 0 aliphatic carbocycles. The summed E-state index contributed by atoms with van der Waals surface area (Å²) in [7, 11) is 0. The van der Waals surface area contributed by atoms with Crippen molar-refractivity contribution in [1.82, 2.24) is 4.98 Å². The summed E-state index contributed by atoms with van der Waals surface area (Å²) in [5, 5.41) is 0. The Labute approximate surface area is 94.1 Å². The van der Waals surface area contributed by atoms with Gasteiger partial charge in [0.2, 0.25) is 0 Å². The molecule has 17 heavy (non-hydrogen) atoms. The standard InChI is InChI=1S/C10H9F5N2/c11-7-1-2-17(5-7)9-8(12)3-6(4-16-9)10(13,14)15/h3-4,7H,1-2,5H2. The zero-order chi connectivity index (χ0) is 12.6. The highest BCUT2D eigenvalue weighted by Crippen LogP contribution is 2.31. The van der Waals surface area contributed by atoms with Crippen LogP contribution < -0.4 is 4.90 Å². The summed E-state index contributed by atoms with van der Waals surface area (Å²) in [4.78, 5) is 4.73. The Bertz CT molecular complexity index is 418. The van der Waals surface area contributed by atoms with Crippen LogP contribution in [0.5, 0.6) is 0 Å². The second kappa shape index (κ2) is 4.12. The van der Waals surface area contributed by atoms with Crippen molar-refractivity contribution >= 4 is 5.82 Å². The molecule has 2 heterocycles. The molecule has 2 nitrogen and oxygen atoms in total. The van der Waals surface area contributed by atoms with Crippen molar-refractivity contribution in [3.8, 4) is 0 Å². The van der Waals surface area contributed by atoms with E-state index in [2.05, 4.69) is 4.98 Å². The minimum Gasteiger partial charge on any atom is -0.351 e. The third-order valence-electron chi connectivity index (χ3n) is 2.58. The number of anilines is 1. The highest BCUT2D eigenvalue weighted by molar-refractivity contribution is 5.43. The molecule has 1 atom stereocenters. The number of hydrogen-bond acceptors (Lipinski definition) is 2. The van der Waals surface area contributed by atoms with Crippen molar-refractivity contribution in [1.29, 1.82) is 0 Å². The number of pyridine rings is 1. The van der Waals surface area contributed by atoms with E-state index in [4.69, 9.17) is 0 Å². The van der Waals surface area contributed by atoms with Crippen LogP contribution in [0.15, 0.2) is 12.3 Å². The summed E-state index contributed by atoms with van der Waals surface area (Å²) in [5.41, 5.74) is -1.14. The largest absolute Gasteiger partial charge is 0.417 e. The molecule has 0 spiro atoms. The fourth-order valence-electron chi connectivity index (χ4n) is 1.73. The summed E-state index contributed by atoms with van der Waals surface area (Å²) in [6, 6.07) is 0.383. The van der Waals surface area contributed by atoms with Gasteiger partial charge in [-0.25, -0.2) is 13.8 Å². The van der Waals surface area contributed by atoms with Crippen LogP contribution in [0.3, 0.4) is 0 Å². The normalized spacial score (nSPS) is 21.0. The highest BCUT2D eigenvalue weighted by atomic mass is 19.4. The van der Waals surface area contributed by atoms with Crippen molar-refractivity contribution in [3.05, 3.63) is 23.6 Å². The zero-order valence-corrected chi connectivity index (χ0v) is 8.64. The molecular formula is C10H9F5N2. The molecule has 2 rings (SSSR count). The van der Waals surface area contributed by atoms with E-state index in [1.165, 1.54) is 4.90 Å². The van der Waals surface area contributed by atoms with E-state index in [-0.39, 0.29) is 25.3 Å². The molecule has 0 N–H and O–H groups in total. The van der Waals surface area contributed by atoms with Crippen LogP contribution in [-0.2, 0) is 6.18 Å². The number of halogens is 5. The Morgan fingerprint density at radius 2 is 2.06 bits per heavy atom. The van der Waals surface area contributed by atoms with Gasteiger partial charge in [0.1, 0.15) is 6.17 Å². The topological polar surface area (TPSA) is 16.1 Å². The van der Waals surface area contributed by atoms with E-state index in [1.807, 2.05) is 0 Å². The van der Waals surface area contributed by atoms with Crippen molar-refractivity contribution in [2.75, 3.05) is 18.0 Å². The fraction of sp³-hybridized carbons (Fsp3) is 0.500. The van der Waals surface area contributed by atoms with E-state index >= 15 is 0 Å². The molecular weight excluding hydrogens is 243 g/mol. The maximum absolute atomic E-state index is 13.4. The molecule has 1 fully saturated rings. The Morgan fingerprint density at radius 1 is 1.35 bits per heavy atom. The Morgan fingerprint density at radius 3 is 2.53 bits per heavy atom. The first kappa shape index (κ1) is 12.1. The van der Waals surface area contributed by atoms with Crippen LogP contribution in [0, 0.1) is 5.82 Å². The van der Waals surface area contributed by atoms with Crippen molar-refractivity contribution < 1.29 is 22.0 Å². The van der Waals surface area contributed by atoms with Crippen molar-refractivity contribution in [2.45, 2.75) is 18.8 Å². The lowest BCUT2D eigenvalue weighted by Gasteiger charge is -2.17. The first-order valence-electron chi connectivity index (χ1n) is 4.99. The van der Waals surface area contributed by atoms with Crippen molar-refractivity contribution in [3.63, 3.8) is 0 Å². The summed E-state index contributed by atoms with van der Waals surface area (Å²) < 4.78 is 63.1. The first-order valence-corrected chi connectivity index (χ1v) is 4.99. The van der Waals surface area contributed by atoms with Crippen LogP contribution in [0.25, 0.3) is 0 Å². The van der Waals surface area contributed by atoms with Crippen LogP contribution in [0.4, 0.5) is 27.8 Å². The van der Waals surface area contributed by atoms with E-state index in [0.29, 0.717) is 12.3 Å². The number of nitrogens with zero attached hydrogens (tertiary/aromatic N) is 2. The summed E-state index contributed by atoms with van der Waals surface area (Å²) in [6.07, 6.45) is -4.91. The predicted molar refractivity (Wildman–Crippen MR) is 50.9 cm³/mol. The lowest BCUT2D eigenvalue weighted by atomic mass is 10.2. The summed E-state index contributed by atoms with van der Waals surface area (Å²) in [6.45, 7) is 0.228. The third kappa shape index (κ3) is 2.48. The van der Waals surface area contributed by atoms with Gasteiger partial charge in [-0.3, -0.25) is 0 Å². The highest BCUT2D eigenvalue weighted by Gasteiger charge is 2.33. The lowest BCUT2D eigenvalue weighted by molar-refractivity contribution is -0.138. The van der Waals surface area contributed by atoms with E-state index < -0.39 is 23.7 Å². The predicted octanol–water partition coefficient (Wildman–Crippen LogP) is 2.79. The minimum absolute atomic E-state index is 0.0325. The van der Waals surface area contributed by atoms with Crippen LogP contribution in [-0.4, -0.2) is 24.2 Å². The van der Waals surface area contributed by atoms with E-state index in [9.17, 15) is 22.0 Å². The molecule has 1 aliphatic rings. The third-order valence-corrected chi connectivity index (χ3v) is 2.58. The van der Waals surface area contributed by atoms with Gasteiger partial charge in [0.25, 0.3) is 0 Å². The Kier molecular flexibility index (Phi) is 2.92. The molecule has 1 aromatic heterocycles. The first-order chi connectivity index (χ1) is 7.88. The monoisotopic (exact) mass is 252 g/mol. The quantitative estimate of drug-likeness (QED) is 0.714. The molecule has 1 unspecified atom stereocenters. The number of rotatable bonds is 1. The second-order valence-corrected chi connectivity index (χ2v) is 3.86. The van der Waals surface area contributed by atoms with Gasteiger partial charge >= 0.3 is 6.18 Å². The molecule has 0 saturated carbocycles. The Hall–Kier alpha value is -1.40. The second-order valence-electron chi connectivity index (χ2n) is 3.86. The zero-order valence-electron chi connectivity index (χ0n) is 8.64. The van der Waals surface area contributed by atoms with Gasteiger partial charge in [-0.05, 0) is 12.5 Å². The molecule has 0 amide bonds. The van der Waals surface area contributed by atoms with E-state index in [1.54, 1.807) is 0 Å². The molecule has 0 radical (unpaired) electrons. The minimum atomic E-state index is -4.62. The van der Waals surface area contributed by atoms with Gasteiger partial charge in [-0.1, -0.05) is 0 Å². The van der Waals surface area contributed by atoms with Gasteiger partial charge in [0.15, 0.2) is 11.6 Å². The van der Waals surface area contributed by atoms with Gasteiger partial charge in [0, 0.05) is 12.7 Å². The molecule has 1 saturated heterocycles. The van der Waals surface area contributed by atoms with Gasteiger partial charge in [0.05, 0.1) is 12.1 Å². The summed E-state index contributed by atoms with van der Waals surface area (Å²) >= 11 is 0. The average Bonchev–Trinajstić information content (AvgIpc) is 2.63. The van der Waals surface area contributed by atoms with Gasteiger partial charge in [-0.2, -0.15) is 13.2 Å². The fourth-order valence-corrected chi connectivity index (χ4v) is 1.73. The maximum Gasteiger partial charge on any atom is 0.417 e. The Balaban J connectivity index is 2.26. The molecule has 0 aromatic carbocycles. The molecule has 1 aromatic rings. The van der Waals surface area contributed by atoms with Gasteiger partial charge in [-0.15, -0.1) is 0 Å². The molecule has 94 valence electrons. The number of alkyl halides is 4. The SMILES string of the molecule is Fc1cc(C(F)(F)F)cnc1N1CCC(F)C1. The number of aromatic nitrogens is 1. The maximum atomic E-state index is 13.4. The molecule has 1 aliphatic heterocycles. The van der Waals surface area contributed by atoms with Crippen LogP contribution in [0.1, 0.15) is 12.0 Å². The molecule has 0 bridgehead atoms.